The minimum absolute atomic E-state index is 0.119. The largest absolute Gasteiger partial charge is 0.497 e. The standard InChI is InChI=1S/C25H19N3O3S/c1-31-20-10-7-17(8-11-20)21-14-32-24-23(21)25(30)28(15-26-24)13-22(29)27-19-9-6-16-4-2-3-5-18(16)12-19/h2-12,14-15H,13H2,1H3,(H,27,29). The fourth-order valence-electron chi connectivity index (χ4n) is 3.69. The summed E-state index contributed by atoms with van der Waals surface area (Å²) in [6, 6.07) is 21.2. The summed E-state index contributed by atoms with van der Waals surface area (Å²) < 4.78 is 6.56. The number of amides is 1. The molecule has 158 valence electrons. The Hall–Kier alpha value is -3.97. The van der Waals surface area contributed by atoms with Gasteiger partial charge < -0.3 is 10.1 Å². The number of fused-ring (bicyclic) bond motifs is 2. The molecule has 0 aliphatic heterocycles. The van der Waals surface area contributed by atoms with E-state index in [1.165, 1.54) is 22.2 Å². The molecule has 0 atom stereocenters. The zero-order valence-corrected chi connectivity index (χ0v) is 18.1. The van der Waals surface area contributed by atoms with Crippen LogP contribution in [-0.2, 0) is 11.3 Å². The summed E-state index contributed by atoms with van der Waals surface area (Å²) >= 11 is 1.41. The molecule has 0 fully saturated rings. The Kier molecular flexibility index (Phi) is 5.17. The van der Waals surface area contributed by atoms with Crippen LogP contribution in [0.25, 0.3) is 32.1 Å². The number of carbonyl (C=O) groups excluding carboxylic acids is 1. The molecular formula is C25H19N3O3S. The first-order valence-corrected chi connectivity index (χ1v) is 10.9. The molecule has 6 nitrogen and oxygen atoms in total. The van der Waals surface area contributed by atoms with Gasteiger partial charge in [-0.1, -0.05) is 42.5 Å². The zero-order valence-electron chi connectivity index (χ0n) is 17.2. The third kappa shape index (κ3) is 3.74. The molecule has 3 aromatic carbocycles. The average Bonchev–Trinajstić information content (AvgIpc) is 3.26. The van der Waals surface area contributed by atoms with Crippen molar-refractivity contribution in [2.75, 3.05) is 12.4 Å². The lowest BCUT2D eigenvalue weighted by molar-refractivity contribution is -0.116. The molecule has 0 spiro atoms. The number of thiophene rings is 1. The Morgan fingerprint density at radius 2 is 1.84 bits per heavy atom. The van der Waals surface area contributed by atoms with Crippen LogP contribution in [0.3, 0.4) is 0 Å². The van der Waals surface area contributed by atoms with Gasteiger partial charge in [-0.25, -0.2) is 4.98 Å². The minimum atomic E-state index is -0.287. The molecule has 7 heteroatoms. The van der Waals surface area contributed by atoms with Crippen LogP contribution >= 0.6 is 11.3 Å². The van der Waals surface area contributed by atoms with Gasteiger partial charge in [0, 0.05) is 16.6 Å². The lowest BCUT2D eigenvalue weighted by Crippen LogP contribution is -2.27. The maximum atomic E-state index is 13.2. The van der Waals surface area contributed by atoms with Gasteiger partial charge in [0.15, 0.2) is 0 Å². The molecule has 0 radical (unpaired) electrons. The van der Waals surface area contributed by atoms with Gasteiger partial charge in [-0.3, -0.25) is 14.2 Å². The van der Waals surface area contributed by atoms with Gasteiger partial charge in [-0.15, -0.1) is 11.3 Å². The number of aromatic nitrogens is 2. The van der Waals surface area contributed by atoms with E-state index in [0.29, 0.717) is 15.9 Å². The number of nitrogens with zero attached hydrogens (tertiary/aromatic N) is 2. The first kappa shape index (κ1) is 20.0. The number of hydrogen-bond acceptors (Lipinski definition) is 5. The molecule has 2 aromatic heterocycles. The second kappa shape index (κ2) is 8.28. The third-order valence-corrected chi connectivity index (χ3v) is 6.20. The number of ether oxygens (including phenoxy) is 1. The molecule has 0 aliphatic rings. The molecule has 0 bridgehead atoms. The van der Waals surface area contributed by atoms with Gasteiger partial charge in [0.1, 0.15) is 17.1 Å². The van der Waals surface area contributed by atoms with E-state index in [0.717, 1.165) is 27.6 Å². The minimum Gasteiger partial charge on any atom is -0.497 e. The molecular weight excluding hydrogens is 422 g/mol. The lowest BCUT2D eigenvalue weighted by Gasteiger charge is -2.09. The van der Waals surface area contributed by atoms with Gasteiger partial charge in [-0.05, 0) is 40.6 Å². The highest BCUT2D eigenvalue weighted by Gasteiger charge is 2.15. The van der Waals surface area contributed by atoms with Crippen LogP contribution in [0.15, 0.2) is 83.2 Å². The molecule has 5 aromatic rings. The van der Waals surface area contributed by atoms with Crippen LogP contribution in [-0.4, -0.2) is 22.6 Å². The average molecular weight is 442 g/mol. The van der Waals surface area contributed by atoms with Crippen LogP contribution < -0.4 is 15.6 Å². The quantitative estimate of drug-likeness (QED) is 0.420. The lowest BCUT2D eigenvalue weighted by atomic mass is 10.1. The fraction of sp³-hybridized carbons (Fsp3) is 0.0800. The van der Waals surface area contributed by atoms with Gasteiger partial charge in [-0.2, -0.15) is 0 Å². The Balaban J connectivity index is 1.42. The van der Waals surface area contributed by atoms with Gasteiger partial charge >= 0.3 is 0 Å². The van der Waals surface area contributed by atoms with Crippen molar-refractivity contribution in [3.05, 3.63) is 88.8 Å². The number of benzene rings is 3. The van der Waals surface area contributed by atoms with Gasteiger partial charge in [0.25, 0.3) is 5.56 Å². The van der Waals surface area contributed by atoms with E-state index >= 15 is 0 Å². The summed E-state index contributed by atoms with van der Waals surface area (Å²) in [4.78, 5) is 30.9. The van der Waals surface area contributed by atoms with Crippen molar-refractivity contribution >= 4 is 43.9 Å². The Labute approximate surface area is 187 Å². The molecule has 1 amide bonds. The van der Waals surface area contributed by atoms with Crippen molar-refractivity contribution in [1.29, 1.82) is 0 Å². The topological polar surface area (TPSA) is 73.2 Å². The summed E-state index contributed by atoms with van der Waals surface area (Å²) in [5.74, 6) is 0.457. The Morgan fingerprint density at radius 1 is 1.06 bits per heavy atom. The van der Waals surface area contributed by atoms with Gasteiger partial charge in [0.2, 0.25) is 5.91 Å². The number of nitrogens with one attached hydrogen (secondary N) is 1. The van der Waals surface area contributed by atoms with Crippen molar-refractivity contribution in [3.8, 4) is 16.9 Å². The summed E-state index contributed by atoms with van der Waals surface area (Å²) in [5.41, 5.74) is 2.14. The maximum Gasteiger partial charge on any atom is 0.263 e. The number of rotatable bonds is 5. The molecule has 1 N–H and O–H groups in total. The van der Waals surface area contributed by atoms with Crippen LogP contribution in [0.5, 0.6) is 5.75 Å². The normalized spacial score (nSPS) is 11.0. The molecule has 0 saturated carbocycles. The highest BCUT2D eigenvalue weighted by molar-refractivity contribution is 7.17. The van der Waals surface area contributed by atoms with Gasteiger partial charge in [0.05, 0.1) is 18.8 Å². The monoisotopic (exact) mass is 441 g/mol. The maximum absolute atomic E-state index is 13.2. The molecule has 0 unspecified atom stereocenters. The van der Waals surface area contributed by atoms with Crippen molar-refractivity contribution in [2.45, 2.75) is 6.54 Å². The van der Waals surface area contributed by atoms with Crippen LogP contribution in [0.1, 0.15) is 0 Å². The highest BCUT2D eigenvalue weighted by Crippen LogP contribution is 2.31. The van der Waals surface area contributed by atoms with Crippen molar-refractivity contribution in [3.63, 3.8) is 0 Å². The smallest absolute Gasteiger partial charge is 0.263 e. The predicted octanol–water partition coefficient (Wildman–Crippen LogP) is 4.93. The summed E-state index contributed by atoms with van der Waals surface area (Å²) in [6.07, 6.45) is 1.43. The van der Waals surface area contributed by atoms with Crippen LogP contribution in [0.4, 0.5) is 5.69 Å². The molecule has 0 saturated heterocycles. The number of methoxy groups -OCH3 is 1. The van der Waals surface area contributed by atoms with E-state index in [1.54, 1.807) is 7.11 Å². The van der Waals surface area contributed by atoms with E-state index in [4.69, 9.17) is 4.74 Å². The summed E-state index contributed by atoms with van der Waals surface area (Å²) in [7, 11) is 1.61. The van der Waals surface area contributed by atoms with E-state index < -0.39 is 0 Å². The number of anilines is 1. The van der Waals surface area contributed by atoms with Crippen molar-refractivity contribution < 1.29 is 9.53 Å². The summed E-state index contributed by atoms with van der Waals surface area (Å²) in [6.45, 7) is -0.119. The van der Waals surface area contributed by atoms with E-state index in [1.807, 2.05) is 72.1 Å². The summed E-state index contributed by atoms with van der Waals surface area (Å²) in [5, 5.41) is 7.44. The molecule has 32 heavy (non-hydrogen) atoms. The van der Waals surface area contributed by atoms with Crippen molar-refractivity contribution in [1.82, 2.24) is 9.55 Å². The number of hydrogen-bond donors (Lipinski definition) is 1. The zero-order chi connectivity index (χ0) is 22.1. The first-order chi connectivity index (χ1) is 15.6. The third-order valence-electron chi connectivity index (χ3n) is 5.31. The SMILES string of the molecule is COc1ccc(-c2csc3ncn(CC(=O)Nc4ccc5ccccc5c4)c(=O)c23)cc1. The fourth-order valence-corrected chi connectivity index (χ4v) is 4.59. The Morgan fingerprint density at radius 3 is 2.62 bits per heavy atom. The Bertz CT molecular complexity index is 1500. The number of carbonyl (C=O) groups is 1. The van der Waals surface area contributed by atoms with Crippen LogP contribution in [0, 0.1) is 0 Å². The second-order valence-electron chi connectivity index (χ2n) is 7.35. The molecule has 0 aliphatic carbocycles. The first-order valence-electron chi connectivity index (χ1n) is 10.0. The molecule has 5 rings (SSSR count). The van der Waals surface area contributed by atoms with E-state index in [-0.39, 0.29) is 18.0 Å². The highest BCUT2D eigenvalue weighted by atomic mass is 32.1. The predicted molar refractivity (Wildman–Crippen MR) is 128 cm³/mol. The second-order valence-corrected chi connectivity index (χ2v) is 8.20. The molecule has 2 heterocycles. The van der Waals surface area contributed by atoms with E-state index in [9.17, 15) is 9.59 Å². The van der Waals surface area contributed by atoms with Crippen molar-refractivity contribution in [2.24, 2.45) is 0 Å². The van der Waals surface area contributed by atoms with Crippen LogP contribution in [0.2, 0.25) is 0 Å². The van der Waals surface area contributed by atoms with E-state index in [2.05, 4.69) is 10.3 Å².